The van der Waals surface area contributed by atoms with Crippen molar-refractivity contribution in [3.8, 4) is 0 Å². The molecule has 0 aliphatic rings. The van der Waals surface area contributed by atoms with Crippen LogP contribution < -0.4 is 0 Å². The number of hydrogen-bond donors (Lipinski definition) is 0. The third kappa shape index (κ3) is 58.3. The molecule has 0 saturated heterocycles. The quantitative estimate of drug-likeness (QED) is 0.0261. The Balaban J connectivity index is 4.48. The number of ether oxygens (including phenoxy) is 3. The molecule has 0 spiro atoms. The SMILES string of the molecule is CC/C=C\C/C=C\C/C=C\C/C=C\C/C=C\CCCCCCCC(=O)OCC(COC(=O)CCCCC/C=C\C/C=C\C/C=C\CC)OC(=O)CCCCCCCC/C=C\C/C=C\C/C=C\CCCCCCC. The highest BCUT2D eigenvalue weighted by Crippen LogP contribution is 2.13. The van der Waals surface area contributed by atoms with Gasteiger partial charge in [-0.2, -0.15) is 0 Å². The second-order valence-electron chi connectivity index (χ2n) is 19.1. The zero-order valence-corrected chi connectivity index (χ0v) is 47.1. The molecule has 6 nitrogen and oxygen atoms in total. The smallest absolute Gasteiger partial charge is 0.306 e. The van der Waals surface area contributed by atoms with E-state index in [-0.39, 0.29) is 31.1 Å². The molecular weight excluding hydrogens is 901 g/mol. The highest BCUT2D eigenvalue weighted by atomic mass is 16.6. The Labute approximate surface area is 449 Å². The van der Waals surface area contributed by atoms with Gasteiger partial charge < -0.3 is 14.2 Å². The van der Waals surface area contributed by atoms with Crippen LogP contribution in [0.2, 0.25) is 0 Å². The van der Waals surface area contributed by atoms with Gasteiger partial charge in [-0.15, -0.1) is 0 Å². The standard InChI is InChI=1S/C67H108O6/c1-4-7-10-13-16-19-22-25-27-29-31-33-35-37-39-42-45-48-51-54-57-60-66(69)72-63-64(62-71-65(68)59-56-53-50-47-44-41-24-21-18-15-12-9-6-3)73-67(70)61-58-55-52-49-46-43-40-38-36-34-32-30-28-26-23-20-17-14-11-8-5-2/h7,9-10,12,16,18-19,21,23,25-27,30-33,36-39,41,44,64H,4-6,8,11,13-15,17,20,22,24,28-29,34-35,40,42-43,45-63H2,1-3H3/b10-7-,12-9-,19-16-,21-18-,26-23-,27-25-,32-30-,33-31-,38-36-,39-37-,44-41-. The summed E-state index contributed by atoms with van der Waals surface area (Å²) in [5.41, 5.74) is 0. The maximum atomic E-state index is 12.9. The van der Waals surface area contributed by atoms with Gasteiger partial charge >= 0.3 is 17.9 Å². The maximum Gasteiger partial charge on any atom is 0.306 e. The highest BCUT2D eigenvalue weighted by molar-refractivity contribution is 5.71. The van der Waals surface area contributed by atoms with Gasteiger partial charge in [0.25, 0.3) is 0 Å². The van der Waals surface area contributed by atoms with E-state index >= 15 is 0 Å². The fourth-order valence-electron chi connectivity index (χ4n) is 7.72. The van der Waals surface area contributed by atoms with Crippen LogP contribution in [0.25, 0.3) is 0 Å². The molecule has 0 heterocycles. The van der Waals surface area contributed by atoms with Gasteiger partial charge in [0.2, 0.25) is 0 Å². The lowest BCUT2D eigenvalue weighted by Gasteiger charge is -2.18. The second kappa shape index (κ2) is 60.1. The van der Waals surface area contributed by atoms with Gasteiger partial charge in [0.1, 0.15) is 13.2 Å². The Morgan fingerprint density at radius 3 is 0.849 bits per heavy atom. The van der Waals surface area contributed by atoms with Crippen molar-refractivity contribution < 1.29 is 28.6 Å². The molecule has 412 valence electrons. The number of unbranched alkanes of at least 4 members (excludes halogenated alkanes) is 19. The summed E-state index contributed by atoms with van der Waals surface area (Å²) in [6.45, 7) is 6.34. The fourth-order valence-corrected chi connectivity index (χ4v) is 7.72. The zero-order chi connectivity index (χ0) is 52.9. The lowest BCUT2D eigenvalue weighted by atomic mass is 10.1. The van der Waals surface area contributed by atoms with Crippen molar-refractivity contribution >= 4 is 17.9 Å². The van der Waals surface area contributed by atoms with E-state index in [0.717, 1.165) is 161 Å². The molecule has 0 amide bonds. The monoisotopic (exact) mass is 1010 g/mol. The summed E-state index contributed by atoms with van der Waals surface area (Å²) < 4.78 is 16.8. The third-order valence-electron chi connectivity index (χ3n) is 12.1. The van der Waals surface area contributed by atoms with E-state index in [9.17, 15) is 14.4 Å². The maximum absolute atomic E-state index is 12.9. The van der Waals surface area contributed by atoms with Crippen LogP contribution in [0.1, 0.15) is 252 Å². The van der Waals surface area contributed by atoms with Crippen LogP contribution in [0.4, 0.5) is 0 Å². The summed E-state index contributed by atoms with van der Waals surface area (Å²) in [4.78, 5) is 38.2. The number of carbonyl (C=O) groups excluding carboxylic acids is 3. The molecule has 0 fully saturated rings. The van der Waals surface area contributed by atoms with E-state index in [2.05, 4.69) is 154 Å². The second-order valence-corrected chi connectivity index (χ2v) is 19.1. The molecule has 0 aliphatic carbocycles. The predicted molar refractivity (Wildman–Crippen MR) is 316 cm³/mol. The molecule has 0 bridgehead atoms. The number of hydrogen-bond acceptors (Lipinski definition) is 6. The van der Waals surface area contributed by atoms with E-state index in [4.69, 9.17) is 14.2 Å². The van der Waals surface area contributed by atoms with Crippen molar-refractivity contribution in [1.29, 1.82) is 0 Å². The normalized spacial score (nSPS) is 13.1. The molecule has 0 aromatic rings. The molecule has 73 heavy (non-hydrogen) atoms. The minimum atomic E-state index is -0.812. The molecule has 0 saturated carbocycles. The van der Waals surface area contributed by atoms with Crippen LogP contribution in [-0.2, 0) is 28.6 Å². The van der Waals surface area contributed by atoms with Crippen LogP contribution in [-0.4, -0.2) is 37.2 Å². The first-order chi connectivity index (χ1) is 36.0. The summed E-state index contributed by atoms with van der Waals surface area (Å²) in [7, 11) is 0. The lowest BCUT2D eigenvalue weighted by Crippen LogP contribution is -2.30. The zero-order valence-electron chi connectivity index (χ0n) is 47.1. The average Bonchev–Trinajstić information content (AvgIpc) is 3.39. The van der Waals surface area contributed by atoms with Gasteiger partial charge in [-0.05, 0) is 135 Å². The van der Waals surface area contributed by atoms with Crippen molar-refractivity contribution in [2.45, 2.75) is 258 Å². The molecule has 6 heteroatoms. The van der Waals surface area contributed by atoms with Crippen molar-refractivity contribution in [1.82, 2.24) is 0 Å². The van der Waals surface area contributed by atoms with Crippen LogP contribution in [0, 0.1) is 0 Å². The highest BCUT2D eigenvalue weighted by Gasteiger charge is 2.19. The summed E-state index contributed by atoms with van der Waals surface area (Å²) in [5.74, 6) is -0.970. The average molecular weight is 1010 g/mol. The van der Waals surface area contributed by atoms with E-state index in [1.54, 1.807) is 0 Å². The van der Waals surface area contributed by atoms with Crippen molar-refractivity contribution in [3.05, 3.63) is 134 Å². The van der Waals surface area contributed by atoms with E-state index in [0.29, 0.717) is 19.3 Å². The Hall–Kier alpha value is -4.45. The summed E-state index contributed by atoms with van der Waals surface area (Å²) >= 11 is 0. The molecule has 1 atom stereocenters. The van der Waals surface area contributed by atoms with Crippen molar-refractivity contribution in [3.63, 3.8) is 0 Å². The van der Waals surface area contributed by atoms with Gasteiger partial charge in [-0.1, -0.05) is 231 Å². The van der Waals surface area contributed by atoms with Crippen molar-refractivity contribution in [2.75, 3.05) is 13.2 Å². The largest absolute Gasteiger partial charge is 0.462 e. The Bertz CT molecular complexity index is 1580. The van der Waals surface area contributed by atoms with Gasteiger partial charge in [0, 0.05) is 19.3 Å². The molecule has 0 radical (unpaired) electrons. The van der Waals surface area contributed by atoms with Crippen LogP contribution >= 0.6 is 0 Å². The number of allylic oxidation sites excluding steroid dienone is 22. The molecule has 0 aliphatic heterocycles. The van der Waals surface area contributed by atoms with Crippen LogP contribution in [0.15, 0.2) is 134 Å². The number of rotatable bonds is 52. The number of esters is 3. The molecular formula is C67H108O6. The first-order valence-corrected chi connectivity index (χ1v) is 29.7. The molecule has 0 N–H and O–H groups in total. The predicted octanol–water partition coefficient (Wildman–Crippen LogP) is 20.2. The first kappa shape index (κ1) is 68.6. The Kier molecular flexibility index (Phi) is 56.4. The van der Waals surface area contributed by atoms with Gasteiger partial charge in [-0.3, -0.25) is 14.4 Å². The topological polar surface area (TPSA) is 78.9 Å². The van der Waals surface area contributed by atoms with E-state index < -0.39 is 6.10 Å². The lowest BCUT2D eigenvalue weighted by molar-refractivity contribution is -0.167. The van der Waals surface area contributed by atoms with Crippen LogP contribution in [0.5, 0.6) is 0 Å². The summed E-state index contributed by atoms with van der Waals surface area (Å²) in [6.07, 6.45) is 84.4. The van der Waals surface area contributed by atoms with Crippen molar-refractivity contribution in [2.24, 2.45) is 0 Å². The first-order valence-electron chi connectivity index (χ1n) is 29.7. The summed E-state index contributed by atoms with van der Waals surface area (Å²) in [6, 6.07) is 0. The minimum Gasteiger partial charge on any atom is -0.462 e. The van der Waals surface area contributed by atoms with E-state index in [1.165, 1.54) is 51.4 Å². The molecule has 0 aromatic heterocycles. The summed E-state index contributed by atoms with van der Waals surface area (Å²) in [5, 5.41) is 0. The van der Waals surface area contributed by atoms with Gasteiger partial charge in [-0.25, -0.2) is 0 Å². The Morgan fingerprint density at radius 2 is 0.534 bits per heavy atom. The Morgan fingerprint density at radius 1 is 0.288 bits per heavy atom. The molecule has 1 unspecified atom stereocenters. The van der Waals surface area contributed by atoms with Crippen LogP contribution in [0.3, 0.4) is 0 Å². The third-order valence-corrected chi connectivity index (χ3v) is 12.1. The number of carbonyl (C=O) groups is 3. The van der Waals surface area contributed by atoms with Gasteiger partial charge in [0.15, 0.2) is 6.10 Å². The molecule has 0 aromatic carbocycles. The molecule has 0 rings (SSSR count). The fraction of sp³-hybridized carbons (Fsp3) is 0.627. The van der Waals surface area contributed by atoms with E-state index in [1.807, 2.05) is 0 Å². The van der Waals surface area contributed by atoms with Gasteiger partial charge in [0.05, 0.1) is 0 Å². The minimum absolute atomic E-state index is 0.108.